The lowest BCUT2D eigenvalue weighted by Gasteiger charge is -2.16. The van der Waals surface area contributed by atoms with Gasteiger partial charge in [0.1, 0.15) is 11.0 Å². The maximum atomic E-state index is 11.7. The average molecular weight is 299 g/mol. The van der Waals surface area contributed by atoms with Crippen molar-refractivity contribution in [1.82, 2.24) is 15.6 Å². The zero-order valence-electron chi connectivity index (χ0n) is 12.0. The van der Waals surface area contributed by atoms with E-state index in [1.165, 1.54) is 0 Å². The van der Waals surface area contributed by atoms with E-state index in [2.05, 4.69) is 15.6 Å². The van der Waals surface area contributed by atoms with Crippen molar-refractivity contribution in [2.75, 3.05) is 0 Å². The van der Waals surface area contributed by atoms with Gasteiger partial charge < -0.3 is 15.7 Å². The van der Waals surface area contributed by atoms with Crippen molar-refractivity contribution in [3.8, 4) is 0 Å². The van der Waals surface area contributed by atoms with Crippen LogP contribution in [0, 0.1) is 5.92 Å². The molecule has 0 bridgehead atoms. The number of nitrogens with one attached hydrogen (secondary N) is 2. The molecule has 0 fully saturated rings. The summed E-state index contributed by atoms with van der Waals surface area (Å²) in [4.78, 5) is 28.1. The van der Waals surface area contributed by atoms with Gasteiger partial charge in [-0.3, -0.25) is 0 Å². The highest BCUT2D eigenvalue weighted by Crippen LogP contribution is 2.12. The molecule has 1 heterocycles. The van der Waals surface area contributed by atoms with Gasteiger partial charge in [-0.1, -0.05) is 20.8 Å². The van der Waals surface area contributed by atoms with Crippen LogP contribution in [-0.4, -0.2) is 28.1 Å². The molecule has 6 nitrogen and oxygen atoms in total. The lowest BCUT2D eigenvalue weighted by atomic mass is 10.0. The number of hydrogen-bond acceptors (Lipinski definition) is 4. The molecule has 2 amide bonds. The first-order valence-electron chi connectivity index (χ1n) is 6.63. The van der Waals surface area contributed by atoms with E-state index >= 15 is 0 Å². The maximum Gasteiger partial charge on any atom is 0.326 e. The summed E-state index contributed by atoms with van der Waals surface area (Å²) in [5.74, 6) is -0.821. The Balaban J connectivity index is 2.43. The van der Waals surface area contributed by atoms with Gasteiger partial charge in [-0.25, -0.2) is 14.6 Å². The number of aliphatic carboxylic acids is 1. The third-order valence-electron chi connectivity index (χ3n) is 2.66. The smallest absolute Gasteiger partial charge is 0.326 e. The number of rotatable bonds is 7. The van der Waals surface area contributed by atoms with Gasteiger partial charge in [-0.05, 0) is 18.8 Å². The monoisotopic (exact) mass is 299 g/mol. The fraction of sp³-hybridized carbons (Fsp3) is 0.615. The van der Waals surface area contributed by atoms with Crippen molar-refractivity contribution in [3.63, 3.8) is 0 Å². The van der Waals surface area contributed by atoms with Crippen LogP contribution in [0.1, 0.15) is 37.1 Å². The molecule has 0 saturated heterocycles. The molecule has 0 aliphatic carbocycles. The summed E-state index contributed by atoms with van der Waals surface area (Å²) in [5.41, 5.74) is 0. The fourth-order valence-corrected chi connectivity index (χ4v) is 2.45. The van der Waals surface area contributed by atoms with Crippen molar-refractivity contribution in [3.05, 3.63) is 16.1 Å². The minimum Gasteiger partial charge on any atom is -0.480 e. The molecule has 1 aromatic rings. The highest BCUT2D eigenvalue weighted by atomic mass is 32.1. The normalized spacial score (nSPS) is 12.2. The Morgan fingerprint density at radius 3 is 2.65 bits per heavy atom. The molecule has 0 aromatic carbocycles. The first kappa shape index (κ1) is 16.4. The first-order valence-corrected chi connectivity index (χ1v) is 7.44. The Hall–Kier alpha value is -1.63. The minimum absolute atomic E-state index is 0.197. The quantitative estimate of drug-likeness (QED) is 0.718. The number of carboxylic acids is 1. The second-order valence-corrected chi connectivity index (χ2v) is 6.12. The van der Waals surface area contributed by atoms with Crippen molar-refractivity contribution >= 4 is 23.3 Å². The van der Waals surface area contributed by atoms with Crippen molar-refractivity contribution < 1.29 is 14.7 Å². The minimum atomic E-state index is -1.02. The van der Waals surface area contributed by atoms with Crippen molar-refractivity contribution in [2.45, 2.75) is 46.2 Å². The maximum absolute atomic E-state index is 11.7. The molecule has 0 saturated carbocycles. The predicted molar refractivity (Wildman–Crippen MR) is 77.7 cm³/mol. The fourth-order valence-electron chi connectivity index (χ4n) is 1.65. The largest absolute Gasteiger partial charge is 0.480 e. The molecule has 20 heavy (non-hydrogen) atoms. The number of hydrogen-bond donors (Lipinski definition) is 3. The molecule has 1 unspecified atom stereocenters. The van der Waals surface area contributed by atoms with Crippen LogP contribution in [0.15, 0.2) is 6.20 Å². The topological polar surface area (TPSA) is 91.3 Å². The summed E-state index contributed by atoms with van der Waals surface area (Å²) < 4.78 is 0. The van der Waals surface area contributed by atoms with Gasteiger partial charge in [-0.2, -0.15) is 0 Å². The van der Waals surface area contributed by atoms with Gasteiger partial charge in [0.2, 0.25) is 0 Å². The summed E-state index contributed by atoms with van der Waals surface area (Å²) in [6, 6.07) is -1.34. The number of amides is 2. The van der Waals surface area contributed by atoms with Gasteiger partial charge >= 0.3 is 12.0 Å². The Morgan fingerprint density at radius 1 is 1.45 bits per heavy atom. The second kappa shape index (κ2) is 7.84. The third kappa shape index (κ3) is 5.56. The van der Waals surface area contributed by atoms with Crippen molar-refractivity contribution in [1.29, 1.82) is 0 Å². The van der Waals surface area contributed by atoms with Gasteiger partial charge in [0.15, 0.2) is 0 Å². The number of aromatic nitrogens is 1. The Morgan fingerprint density at radius 2 is 2.15 bits per heavy atom. The summed E-state index contributed by atoms with van der Waals surface area (Å²) >= 11 is 1.54. The number of carbonyl (C=O) groups is 2. The summed E-state index contributed by atoms with van der Waals surface area (Å²) in [5, 5.41) is 14.9. The van der Waals surface area contributed by atoms with E-state index in [4.69, 9.17) is 5.11 Å². The van der Waals surface area contributed by atoms with Crippen LogP contribution in [0.3, 0.4) is 0 Å². The van der Waals surface area contributed by atoms with Crippen LogP contribution in [-0.2, 0) is 17.8 Å². The van der Waals surface area contributed by atoms with Gasteiger partial charge in [0.25, 0.3) is 0 Å². The van der Waals surface area contributed by atoms with Gasteiger partial charge in [0, 0.05) is 11.1 Å². The lowest BCUT2D eigenvalue weighted by Crippen LogP contribution is -2.46. The van der Waals surface area contributed by atoms with Crippen LogP contribution in [0.5, 0.6) is 0 Å². The Labute approximate surface area is 122 Å². The number of aryl methyl sites for hydroxylation is 1. The number of nitrogens with zero attached hydrogens (tertiary/aromatic N) is 1. The SMILES string of the molecule is CCc1cnc(CNC(=O)NC(CC(C)C)C(=O)O)s1. The van der Waals surface area contributed by atoms with E-state index in [0.29, 0.717) is 13.0 Å². The zero-order chi connectivity index (χ0) is 15.1. The van der Waals surface area contributed by atoms with Gasteiger partial charge in [0.05, 0.1) is 6.54 Å². The van der Waals surface area contributed by atoms with Crippen LogP contribution >= 0.6 is 11.3 Å². The number of thiazole rings is 1. The van der Waals surface area contributed by atoms with E-state index in [1.807, 2.05) is 20.8 Å². The summed E-state index contributed by atoms with van der Waals surface area (Å²) in [6.45, 7) is 6.18. The molecular weight excluding hydrogens is 278 g/mol. The standard InChI is InChI=1S/C13H21N3O3S/c1-4-9-6-14-11(20-9)7-15-13(19)16-10(12(17)18)5-8(2)3/h6,8,10H,4-5,7H2,1-3H3,(H,17,18)(H2,15,16,19). The van der Waals surface area contributed by atoms with Gasteiger partial charge in [-0.15, -0.1) is 11.3 Å². The number of carboxylic acid groups (broad SMARTS) is 1. The van der Waals surface area contributed by atoms with E-state index in [0.717, 1.165) is 16.3 Å². The molecule has 1 aromatic heterocycles. The predicted octanol–water partition coefficient (Wildman–Crippen LogP) is 2.00. The molecule has 3 N–H and O–H groups in total. The summed E-state index contributed by atoms with van der Waals surface area (Å²) in [7, 11) is 0. The highest BCUT2D eigenvalue weighted by molar-refractivity contribution is 7.11. The lowest BCUT2D eigenvalue weighted by molar-refractivity contribution is -0.139. The first-order chi connectivity index (χ1) is 9.42. The van der Waals surface area contributed by atoms with Crippen LogP contribution in [0.2, 0.25) is 0 Å². The average Bonchev–Trinajstić information content (AvgIpc) is 2.83. The molecule has 0 aliphatic heterocycles. The number of carbonyl (C=O) groups excluding carboxylic acids is 1. The molecular formula is C13H21N3O3S. The molecule has 7 heteroatoms. The number of urea groups is 1. The molecule has 0 radical (unpaired) electrons. The van der Waals surface area contributed by atoms with E-state index in [1.54, 1.807) is 17.5 Å². The van der Waals surface area contributed by atoms with Crippen LogP contribution < -0.4 is 10.6 Å². The third-order valence-corrected chi connectivity index (χ3v) is 3.80. The van der Waals surface area contributed by atoms with E-state index < -0.39 is 18.0 Å². The highest BCUT2D eigenvalue weighted by Gasteiger charge is 2.20. The Kier molecular flexibility index (Phi) is 6.44. The summed E-state index contributed by atoms with van der Waals surface area (Å²) in [6.07, 6.45) is 3.11. The molecule has 0 spiro atoms. The van der Waals surface area contributed by atoms with E-state index in [-0.39, 0.29) is 5.92 Å². The second-order valence-electron chi connectivity index (χ2n) is 4.92. The Bertz CT molecular complexity index is 459. The van der Waals surface area contributed by atoms with Crippen LogP contribution in [0.4, 0.5) is 4.79 Å². The molecule has 112 valence electrons. The van der Waals surface area contributed by atoms with Crippen molar-refractivity contribution in [2.24, 2.45) is 5.92 Å². The van der Waals surface area contributed by atoms with Crippen LogP contribution in [0.25, 0.3) is 0 Å². The molecule has 0 aliphatic rings. The zero-order valence-corrected chi connectivity index (χ0v) is 12.8. The molecule has 1 atom stereocenters. The molecule has 1 rings (SSSR count). The van der Waals surface area contributed by atoms with E-state index in [9.17, 15) is 9.59 Å².